The number of nitrogens with two attached hydrogens (primary N) is 1. The number of carbonyl (C=O) groups is 1. The first-order valence-electron chi connectivity index (χ1n) is 6.40. The van der Waals surface area contributed by atoms with Gasteiger partial charge in [0, 0.05) is 6.42 Å². The van der Waals surface area contributed by atoms with E-state index in [1.165, 1.54) is 0 Å². The number of aryl methyl sites for hydroxylation is 1. The fraction of sp³-hybridized carbons (Fsp3) is 0.667. The number of nitrogen functional groups attached to an aromatic ring is 1. The molecule has 1 fully saturated rings. The zero-order valence-electron chi connectivity index (χ0n) is 11.3. The lowest BCUT2D eigenvalue weighted by Crippen LogP contribution is -2.36. The van der Waals surface area contributed by atoms with Crippen molar-refractivity contribution in [1.82, 2.24) is 9.55 Å². The van der Waals surface area contributed by atoms with E-state index < -0.39 is 17.7 Å². The van der Waals surface area contributed by atoms with Crippen molar-refractivity contribution in [3.8, 4) is 0 Å². The van der Waals surface area contributed by atoms with Crippen molar-refractivity contribution >= 4 is 11.8 Å². The number of alkyl halides is 3. The second-order valence-electron chi connectivity index (χ2n) is 4.70. The zero-order valence-corrected chi connectivity index (χ0v) is 11.3. The molecule has 0 spiro atoms. The lowest BCUT2D eigenvalue weighted by atomic mass is 10.2. The predicted molar refractivity (Wildman–Crippen MR) is 65.2 cm³/mol. The molecule has 112 valence electrons. The Morgan fingerprint density at radius 3 is 2.45 bits per heavy atom. The molecule has 1 saturated carbocycles. The van der Waals surface area contributed by atoms with Gasteiger partial charge in [-0.2, -0.15) is 13.2 Å². The number of imidazole rings is 1. The smallest absolute Gasteiger partial charge is 0.412 e. The van der Waals surface area contributed by atoms with Crippen LogP contribution in [0, 0.1) is 0 Å². The van der Waals surface area contributed by atoms with E-state index in [9.17, 15) is 18.0 Å². The van der Waals surface area contributed by atoms with E-state index in [-0.39, 0.29) is 43.2 Å². The van der Waals surface area contributed by atoms with E-state index in [1.807, 2.05) is 0 Å². The molecule has 1 aliphatic rings. The highest BCUT2D eigenvalue weighted by Crippen LogP contribution is 2.57. The van der Waals surface area contributed by atoms with Crippen LogP contribution in [0.2, 0.25) is 0 Å². The van der Waals surface area contributed by atoms with Crippen LogP contribution in [0.3, 0.4) is 0 Å². The molecule has 1 aliphatic carbocycles. The van der Waals surface area contributed by atoms with Gasteiger partial charge in [-0.15, -0.1) is 0 Å². The average Bonchev–Trinajstić information content (AvgIpc) is 3.09. The van der Waals surface area contributed by atoms with E-state index in [4.69, 9.17) is 10.5 Å². The van der Waals surface area contributed by atoms with Gasteiger partial charge >= 0.3 is 12.1 Å². The monoisotopic (exact) mass is 291 g/mol. The summed E-state index contributed by atoms with van der Waals surface area (Å²) in [5, 5.41) is 0. The first-order chi connectivity index (χ1) is 9.28. The quantitative estimate of drug-likeness (QED) is 0.864. The second-order valence-corrected chi connectivity index (χ2v) is 4.70. The molecule has 0 aliphatic heterocycles. The van der Waals surface area contributed by atoms with Crippen molar-refractivity contribution in [3.63, 3.8) is 0 Å². The summed E-state index contributed by atoms with van der Waals surface area (Å²) in [6.45, 7) is 3.38. The summed E-state index contributed by atoms with van der Waals surface area (Å²) in [5.41, 5.74) is 3.48. The highest BCUT2D eigenvalue weighted by molar-refractivity contribution is 5.92. The normalized spacial score (nSPS) is 17.1. The average molecular weight is 291 g/mol. The molecule has 0 saturated heterocycles. The fourth-order valence-electron chi connectivity index (χ4n) is 2.30. The van der Waals surface area contributed by atoms with Gasteiger partial charge in [0.25, 0.3) is 0 Å². The molecule has 8 heteroatoms. The Bertz CT molecular complexity index is 533. The van der Waals surface area contributed by atoms with Crippen LogP contribution in [0.5, 0.6) is 0 Å². The summed E-state index contributed by atoms with van der Waals surface area (Å²) in [4.78, 5) is 15.6. The van der Waals surface area contributed by atoms with Crippen molar-refractivity contribution in [3.05, 3.63) is 11.5 Å². The number of anilines is 1. The van der Waals surface area contributed by atoms with Crippen molar-refractivity contribution in [2.75, 3.05) is 12.3 Å². The Labute approximate surface area is 113 Å². The number of halogens is 3. The topological polar surface area (TPSA) is 70.1 Å². The number of nitrogens with zero attached hydrogens (tertiary/aromatic N) is 2. The SMILES string of the molecule is CCOC(=O)c1nc(CC)n(C2(C(F)(F)F)CC2)c1N. The van der Waals surface area contributed by atoms with Crippen LogP contribution in [-0.2, 0) is 16.7 Å². The van der Waals surface area contributed by atoms with E-state index in [1.54, 1.807) is 13.8 Å². The van der Waals surface area contributed by atoms with Crippen molar-refractivity contribution in [2.45, 2.75) is 44.8 Å². The molecule has 20 heavy (non-hydrogen) atoms. The van der Waals surface area contributed by atoms with Crippen molar-refractivity contribution < 1.29 is 22.7 Å². The van der Waals surface area contributed by atoms with E-state index in [0.29, 0.717) is 0 Å². The Kier molecular flexibility index (Phi) is 3.43. The largest absolute Gasteiger partial charge is 0.461 e. The highest BCUT2D eigenvalue weighted by Gasteiger charge is 2.66. The lowest BCUT2D eigenvalue weighted by Gasteiger charge is -2.23. The zero-order chi connectivity index (χ0) is 15.1. The number of hydrogen-bond acceptors (Lipinski definition) is 4. The third-order valence-corrected chi connectivity index (χ3v) is 3.45. The van der Waals surface area contributed by atoms with Crippen LogP contribution in [0.25, 0.3) is 0 Å². The first-order valence-corrected chi connectivity index (χ1v) is 6.40. The predicted octanol–water partition coefficient (Wildman–Crippen LogP) is 2.26. The molecule has 0 atom stereocenters. The van der Waals surface area contributed by atoms with Crippen LogP contribution < -0.4 is 5.73 Å². The van der Waals surface area contributed by atoms with E-state index >= 15 is 0 Å². The summed E-state index contributed by atoms with van der Waals surface area (Å²) in [7, 11) is 0. The Hall–Kier alpha value is -1.73. The molecular formula is C12H16F3N3O2. The maximum Gasteiger partial charge on any atom is 0.412 e. The van der Waals surface area contributed by atoms with Gasteiger partial charge in [0.1, 0.15) is 17.2 Å². The van der Waals surface area contributed by atoms with Gasteiger partial charge in [0.05, 0.1) is 6.61 Å². The van der Waals surface area contributed by atoms with Crippen LogP contribution in [0.15, 0.2) is 0 Å². The molecule has 0 bridgehead atoms. The highest BCUT2D eigenvalue weighted by atomic mass is 19.4. The van der Waals surface area contributed by atoms with Crippen LogP contribution in [0.1, 0.15) is 43.0 Å². The Morgan fingerprint density at radius 1 is 1.45 bits per heavy atom. The molecule has 1 aromatic rings. The molecule has 0 unspecified atom stereocenters. The fourth-order valence-corrected chi connectivity index (χ4v) is 2.30. The van der Waals surface area contributed by atoms with E-state index in [0.717, 1.165) is 4.57 Å². The molecule has 0 radical (unpaired) electrons. The standard InChI is InChI=1S/C12H16F3N3O2/c1-3-7-17-8(10(19)20-4-2)9(16)18(7)11(5-6-11)12(13,14)15/h3-6,16H2,1-2H3. The maximum atomic E-state index is 13.2. The lowest BCUT2D eigenvalue weighted by molar-refractivity contribution is -0.179. The number of rotatable bonds is 4. The van der Waals surface area contributed by atoms with Gasteiger partial charge in [-0.25, -0.2) is 9.78 Å². The Morgan fingerprint density at radius 2 is 2.05 bits per heavy atom. The molecule has 5 nitrogen and oxygen atoms in total. The number of carbonyl (C=O) groups excluding carboxylic acids is 1. The first kappa shape index (κ1) is 14.7. The van der Waals surface area contributed by atoms with Gasteiger partial charge < -0.3 is 10.5 Å². The molecule has 1 aromatic heterocycles. The van der Waals surface area contributed by atoms with Crippen LogP contribution >= 0.6 is 0 Å². The van der Waals surface area contributed by atoms with Crippen molar-refractivity contribution in [1.29, 1.82) is 0 Å². The Balaban J connectivity index is 2.52. The molecule has 0 aromatic carbocycles. The summed E-state index contributed by atoms with van der Waals surface area (Å²) in [6.07, 6.45) is -4.27. The minimum atomic E-state index is -4.42. The summed E-state index contributed by atoms with van der Waals surface area (Å²) in [6, 6.07) is 0. The van der Waals surface area contributed by atoms with E-state index in [2.05, 4.69) is 4.98 Å². The second kappa shape index (κ2) is 4.68. The third kappa shape index (κ3) is 2.03. The van der Waals surface area contributed by atoms with Gasteiger partial charge in [-0.05, 0) is 19.8 Å². The van der Waals surface area contributed by atoms with Crippen LogP contribution in [0.4, 0.5) is 19.0 Å². The molecule has 1 heterocycles. The molecular weight excluding hydrogens is 275 g/mol. The van der Waals surface area contributed by atoms with Gasteiger partial charge in [0.15, 0.2) is 5.69 Å². The minimum absolute atomic E-state index is 0.0493. The number of hydrogen-bond donors (Lipinski definition) is 1. The minimum Gasteiger partial charge on any atom is -0.461 e. The maximum absolute atomic E-state index is 13.2. The molecule has 0 amide bonds. The number of ether oxygens (including phenoxy) is 1. The van der Waals surface area contributed by atoms with Gasteiger partial charge in [-0.3, -0.25) is 4.57 Å². The van der Waals surface area contributed by atoms with Gasteiger partial charge in [0.2, 0.25) is 0 Å². The number of aromatic nitrogens is 2. The summed E-state index contributed by atoms with van der Waals surface area (Å²) in [5.74, 6) is -0.910. The number of esters is 1. The summed E-state index contributed by atoms with van der Waals surface area (Å²) < 4.78 is 45.4. The summed E-state index contributed by atoms with van der Waals surface area (Å²) >= 11 is 0. The molecule has 2 N–H and O–H groups in total. The van der Waals surface area contributed by atoms with Gasteiger partial charge in [-0.1, -0.05) is 6.92 Å². The van der Waals surface area contributed by atoms with Crippen molar-refractivity contribution in [2.24, 2.45) is 0 Å². The third-order valence-electron chi connectivity index (χ3n) is 3.45. The molecule has 2 rings (SSSR count). The van der Waals surface area contributed by atoms with Crippen LogP contribution in [-0.4, -0.2) is 28.3 Å².